The smallest absolute Gasteiger partial charge is 0.335 e. The second kappa shape index (κ2) is 6.00. The Morgan fingerprint density at radius 1 is 1.32 bits per heavy atom. The molecule has 8 heteroatoms. The molecule has 7 nitrogen and oxygen atoms in total. The molecule has 0 aromatic rings. The minimum Gasteiger partial charge on any atom is -0.450 e. The van der Waals surface area contributed by atoms with E-state index in [1.54, 1.807) is 20.8 Å². The molecule has 0 bridgehead atoms. The number of piperidine rings is 1. The lowest BCUT2D eigenvalue weighted by atomic mass is 9.83. The van der Waals surface area contributed by atoms with Crippen molar-refractivity contribution in [1.29, 1.82) is 0 Å². The average molecular weight is 330 g/mol. The summed E-state index contributed by atoms with van der Waals surface area (Å²) in [6.45, 7) is 5.93. The fourth-order valence-electron chi connectivity index (χ4n) is 3.04. The van der Waals surface area contributed by atoms with Crippen molar-refractivity contribution in [2.45, 2.75) is 39.2 Å². The maximum absolute atomic E-state index is 12.3. The summed E-state index contributed by atoms with van der Waals surface area (Å²) >= 11 is 0. The molecular weight excluding hydrogens is 308 g/mol. The maximum atomic E-state index is 12.3. The second-order valence-corrected chi connectivity index (χ2v) is 7.80. The largest absolute Gasteiger partial charge is 0.450 e. The lowest BCUT2D eigenvalue weighted by Gasteiger charge is -2.38. The first-order valence-electron chi connectivity index (χ1n) is 7.48. The van der Waals surface area contributed by atoms with E-state index in [2.05, 4.69) is 5.32 Å². The lowest BCUT2D eigenvalue weighted by molar-refractivity contribution is -0.150. The van der Waals surface area contributed by atoms with E-state index in [1.807, 2.05) is 0 Å². The van der Waals surface area contributed by atoms with E-state index in [9.17, 15) is 18.0 Å². The third-order valence-corrected chi connectivity index (χ3v) is 6.16. The van der Waals surface area contributed by atoms with Crippen LogP contribution in [0.25, 0.3) is 0 Å². The highest BCUT2D eigenvalue weighted by molar-refractivity contribution is 7.89. The van der Waals surface area contributed by atoms with Crippen LogP contribution >= 0.6 is 0 Å². The maximum Gasteiger partial charge on any atom is 0.335 e. The van der Waals surface area contributed by atoms with Gasteiger partial charge < -0.3 is 10.1 Å². The number of nitrogens with one attached hydrogen (secondary N) is 1. The van der Waals surface area contributed by atoms with Gasteiger partial charge in [-0.05, 0) is 20.8 Å². The zero-order valence-electron chi connectivity index (χ0n) is 13.1. The van der Waals surface area contributed by atoms with E-state index in [1.165, 1.54) is 4.31 Å². The number of esters is 1. The minimum atomic E-state index is -3.27. The molecule has 1 spiro atoms. The summed E-state index contributed by atoms with van der Waals surface area (Å²) in [5.41, 5.74) is -0.314. The third kappa shape index (κ3) is 2.77. The number of nitrogens with zero attached hydrogens (tertiary/aromatic N) is 1. The zero-order valence-corrected chi connectivity index (χ0v) is 14.0. The van der Waals surface area contributed by atoms with Crippen LogP contribution in [0.15, 0.2) is 11.1 Å². The highest BCUT2D eigenvalue weighted by atomic mass is 32.2. The molecule has 2 rings (SSSR count). The number of carbonyl (C=O) groups excluding carboxylic acids is 2. The van der Waals surface area contributed by atoms with Gasteiger partial charge in [-0.1, -0.05) is 0 Å². The molecule has 22 heavy (non-hydrogen) atoms. The van der Waals surface area contributed by atoms with Crippen molar-refractivity contribution in [3.63, 3.8) is 0 Å². The van der Waals surface area contributed by atoms with Gasteiger partial charge in [0.1, 0.15) is 5.60 Å². The Labute approximate surface area is 130 Å². The predicted octanol–water partition coefficient (Wildman–Crippen LogP) is 0.180. The van der Waals surface area contributed by atoms with Crippen molar-refractivity contribution in [3.8, 4) is 0 Å². The van der Waals surface area contributed by atoms with E-state index < -0.39 is 21.6 Å². The van der Waals surface area contributed by atoms with E-state index >= 15 is 0 Å². The molecule has 1 amide bonds. The molecule has 1 saturated heterocycles. The van der Waals surface area contributed by atoms with Gasteiger partial charge >= 0.3 is 5.97 Å². The zero-order chi connectivity index (χ0) is 16.5. The summed E-state index contributed by atoms with van der Waals surface area (Å²) in [7, 11) is -3.27. The van der Waals surface area contributed by atoms with Crippen LogP contribution in [0.2, 0.25) is 0 Å². The molecule has 2 aliphatic heterocycles. The number of carbonyl (C=O) groups is 2. The van der Waals surface area contributed by atoms with Gasteiger partial charge in [0.05, 0.1) is 11.3 Å². The Hall–Kier alpha value is -1.41. The van der Waals surface area contributed by atoms with Gasteiger partial charge in [-0.2, -0.15) is 0 Å². The molecule has 0 radical (unpaired) electrons. The van der Waals surface area contributed by atoms with Crippen LogP contribution in [-0.2, 0) is 24.3 Å². The molecule has 1 N–H and O–H groups in total. The van der Waals surface area contributed by atoms with Gasteiger partial charge in [-0.15, -0.1) is 0 Å². The summed E-state index contributed by atoms with van der Waals surface area (Å²) in [6, 6.07) is 0. The SMILES string of the molecule is CCNC(=O)C1=C(C)C(=O)OC12CCN(S(=O)(=O)CC)CC2. The van der Waals surface area contributed by atoms with Crippen molar-refractivity contribution in [3.05, 3.63) is 11.1 Å². The number of amides is 1. The highest BCUT2D eigenvalue weighted by Gasteiger charge is 2.51. The van der Waals surface area contributed by atoms with Gasteiger partial charge in [-0.25, -0.2) is 17.5 Å². The van der Waals surface area contributed by atoms with Gasteiger partial charge in [0.25, 0.3) is 5.91 Å². The number of likely N-dealkylation sites (N-methyl/N-ethyl adjacent to an activating group) is 1. The molecule has 0 atom stereocenters. The molecule has 0 unspecified atom stereocenters. The number of rotatable bonds is 4. The van der Waals surface area contributed by atoms with Crippen molar-refractivity contribution in [1.82, 2.24) is 9.62 Å². The number of ether oxygens (including phenoxy) is 1. The van der Waals surface area contributed by atoms with Crippen molar-refractivity contribution in [2.24, 2.45) is 0 Å². The first-order valence-corrected chi connectivity index (χ1v) is 9.09. The summed E-state index contributed by atoms with van der Waals surface area (Å²) in [5.74, 6) is -0.761. The van der Waals surface area contributed by atoms with Gasteiger partial charge in [-0.3, -0.25) is 4.79 Å². The standard InChI is InChI=1S/C14H22N2O5S/c1-4-15-12(17)11-10(3)13(18)21-14(11)6-8-16(9-7-14)22(19,20)5-2/h4-9H2,1-3H3,(H,15,17). The summed E-state index contributed by atoms with van der Waals surface area (Å²) in [5, 5.41) is 2.70. The van der Waals surface area contributed by atoms with Gasteiger partial charge in [0.15, 0.2) is 0 Å². The Morgan fingerprint density at radius 2 is 1.91 bits per heavy atom. The van der Waals surface area contributed by atoms with Crippen LogP contribution in [0.4, 0.5) is 0 Å². The Balaban J connectivity index is 2.25. The van der Waals surface area contributed by atoms with Crippen molar-refractivity contribution < 1.29 is 22.7 Å². The quantitative estimate of drug-likeness (QED) is 0.742. The summed E-state index contributed by atoms with van der Waals surface area (Å²) in [6.07, 6.45) is 0.615. The first kappa shape index (κ1) is 17.0. The lowest BCUT2D eigenvalue weighted by Crippen LogP contribution is -2.50. The topological polar surface area (TPSA) is 92.8 Å². The van der Waals surface area contributed by atoms with Crippen molar-refractivity contribution in [2.75, 3.05) is 25.4 Å². The van der Waals surface area contributed by atoms with Crippen LogP contribution in [0.1, 0.15) is 33.6 Å². The summed E-state index contributed by atoms with van der Waals surface area (Å²) in [4.78, 5) is 24.2. The van der Waals surface area contributed by atoms with Gasteiger partial charge in [0.2, 0.25) is 10.0 Å². The molecule has 0 aromatic carbocycles. The highest BCUT2D eigenvalue weighted by Crippen LogP contribution is 2.41. The van der Waals surface area contributed by atoms with E-state index in [-0.39, 0.29) is 24.7 Å². The molecule has 124 valence electrons. The monoisotopic (exact) mass is 330 g/mol. The Morgan fingerprint density at radius 3 is 2.41 bits per heavy atom. The number of sulfonamides is 1. The molecule has 0 aromatic heterocycles. The molecule has 0 aliphatic carbocycles. The van der Waals surface area contributed by atoms with Crippen LogP contribution in [0.3, 0.4) is 0 Å². The predicted molar refractivity (Wildman–Crippen MR) is 80.5 cm³/mol. The molecule has 1 fully saturated rings. The minimum absolute atomic E-state index is 0.0395. The average Bonchev–Trinajstić information content (AvgIpc) is 2.71. The number of hydrogen-bond acceptors (Lipinski definition) is 5. The Kier molecular flexibility index (Phi) is 4.62. The molecular formula is C14H22N2O5S. The van der Waals surface area contributed by atoms with Crippen LogP contribution < -0.4 is 5.32 Å². The Bertz CT molecular complexity index is 615. The number of hydrogen-bond donors (Lipinski definition) is 1. The van der Waals surface area contributed by atoms with Crippen molar-refractivity contribution >= 4 is 21.9 Å². The van der Waals surface area contributed by atoms with E-state index in [0.29, 0.717) is 30.5 Å². The van der Waals surface area contributed by atoms with Crippen LogP contribution in [-0.4, -0.2) is 55.6 Å². The van der Waals surface area contributed by atoms with E-state index in [4.69, 9.17) is 4.74 Å². The fourth-order valence-corrected chi connectivity index (χ4v) is 4.14. The third-order valence-electron chi connectivity index (χ3n) is 4.28. The van der Waals surface area contributed by atoms with Crippen LogP contribution in [0, 0.1) is 0 Å². The molecule has 0 saturated carbocycles. The normalized spacial score (nSPS) is 22.0. The summed E-state index contributed by atoms with van der Waals surface area (Å²) < 4.78 is 30.7. The fraction of sp³-hybridized carbons (Fsp3) is 0.714. The van der Waals surface area contributed by atoms with E-state index in [0.717, 1.165) is 0 Å². The van der Waals surface area contributed by atoms with Gasteiger partial charge in [0, 0.05) is 38.0 Å². The molecule has 2 heterocycles. The van der Waals surface area contributed by atoms with Crippen LogP contribution in [0.5, 0.6) is 0 Å². The first-order chi connectivity index (χ1) is 10.3. The molecule has 2 aliphatic rings. The second-order valence-electron chi connectivity index (χ2n) is 5.54.